The summed E-state index contributed by atoms with van der Waals surface area (Å²) in [4.78, 5) is 11.3. The van der Waals surface area contributed by atoms with Crippen LogP contribution < -0.4 is 0 Å². The van der Waals surface area contributed by atoms with E-state index in [1.165, 1.54) is 6.42 Å². The van der Waals surface area contributed by atoms with Crippen molar-refractivity contribution in [2.24, 2.45) is 11.8 Å². The molecule has 4 aliphatic rings. The highest BCUT2D eigenvalue weighted by molar-refractivity contribution is 5.87. The molecule has 4 heterocycles. The molecule has 4 aromatic heterocycles. The van der Waals surface area contributed by atoms with Crippen LogP contribution >= 0.6 is 0 Å². The highest BCUT2D eigenvalue weighted by Gasteiger charge is 2.61. The number of fused-ring (bicyclic) bond motifs is 3. The van der Waals surface area contributed by atoms with E-state index in [0.29, 0.717) is 11.8 Å². The van der Waals surface area contributed by atoms with E-state index in [-0.39, 0.29) is 11.0 Å². The van der Waals surface area contributed by atoms with E-state index in [1.807, 2.05) is 11.7 Å². The lowest BCUT2D eigenvalue weighted by molar-refractivity contribution is -0.0785. The molecule has 0 unspecified atom stereocenters. The zero-order chi connectivity index (χ0) is 18.5. The van der Waals surface area contributed by atoms with Crippen LogP contribution in [0.25, 0.3) is 16.7 Å². The van der Waals surface area contributed by atoms with Crippen molar-refractivity contribution in [2.75, 3.05) is 0 Å². The van der Waals surface area contributed by atoms with Crippen molar-refractivity contribution >= 4 is 16.7 Å². The third-order valence-corrected chi connectivity index (χ3v) is 7.23. The summed E-state index contributed by atoms with van der Waals surface area (Å²) < 4.78 is 1.80. The van der Waals surface area contributed by atoms with Crippen molar-refractivity contribution in [3.63, 3.8) is 0 Å². The Kier molecular flexibility index (Phi) is 2.55. The molecular weight excluding hydrogens is 356 g/mol. The molecule has 142 valence electrons. The van der Waals surface area contributed by atoms with Gasteiger partial charge in [0.1, 0.15) is 6.33 Å². The normalized spacial score (nSPS) is 34.0. The van der Waals surface area contributed by atoms with Gasteiger partial charge in [0.25, 0.3) is 0 Å². The van der Waals surface area contributed by atoms with E-state index in [9.17, 15) is 0 Å². The SMILES string of the molecule is Cc1nnn(C23C[C@@H]4C[C@H](CC(c5nc6c7cn[nH]c7ncn6n5)(C4)C2)C3)n1. The Morgan fingerprint density at radius 1 is 1.14 bits per heavy atom. The average molecular weight is 376 g/mol. The summed E-state index contributed by atoms with van der Waals surface area (Å²) in [5.74, 6) is 3.03. The van der Waals surface area contributed by atoms with E-state index in [2.05, 4.69) is 30.6 Å². The second kappa shape index (κ2) is 4.73. The van der Waals surface area contributed by atoms with Crippen LogP contribution in [-0.2, 0) is 11.0 Å². The zero-order valence-corrected chi connectivity index (χ0v) is 15.6. The van der Waals surface area contributed by atoms with Gasteiger partial charge in [-0.25, -0.2) is 14.5 Å². The van der Waals surface area contributed by atoms with Crippen LogP contribution in [0.1, 0.15) is 50.2 Å². The van der Waals surface area contributed by atoms with Gasteiger partial charge in [-0.2, -0.15) is 9.90 Å². The average Bonchev–Trinajstić information content (AvgIpc) is 3.38. The zero-order valence-electron chi connectivity index (χ0n) is 15.6. The fourth-order valence-electron chi connectivity index (χ4n) is 6.66. The van der Waals surface area contributed by atoms with E-state index in [4.69, 9.17) is 10.1 Å². The maximum atomic E-state index is 5.02. The highest BCUT2D eigenvalue weighted by Crippen LogP contribution is 2.64. The van der Waals surface area contributed by atoms with E-state index < -0.39 is 0 Å². The van der Waals surface area contributed by atoms with Crippen LogP contribution in [0.15, 0.2) is 12.5 Å². The Bertz CT molecular complexity index is 1220. The fraction of sp³-hybridized carbons (Fsp3) is 0.611. The number of rotatable bonds is 2. The standard InChI is InChI=1S/C18H20N10/c1-10-22-26-28(24-10)18-5-11-2-12(6-18)4-17(3-11,8-18)16-21-15-13-7-20-23-14(13)19-9-27(15)25-16/h7,9,11-12H,2-6,8H2,1H3,(H,20,23)/t11-,12-,17?,18?/m1/s1. The number of hydrogen-bond donors (Lipinski definition) is 1. The molecule has 8 rings (SSSR count). The number of aromatic amines is 1. The van der Waals surface area contributed by atoms with Crippen LogP contribution in [-0.4, -0.2) is 50.0 Å². The van der Waals surface area contributed by atoms with Gasteiger partial charge < -0.3 is 0 Å². The Morgan fingerprint density at radius 2 is 2.00 bits per heavy atom. The molecule has 28 heavy (non-hydrogen) atoms. The number of hydrogen-bond acceptors (Lipinski definition) is 7. The molecule has 0 aliphatic heterocycles. The Balaban J connectivity index is 1.40. The van der Waals surface area contributed by atoms with Crippen molar-refractivity contribution in [1.82, 2.24) is 50.0 Å². The lowest BCUT2D eigenvalue weighted by atomic mass is 9.46. The molecule has 0 aromatic carbocycles. The maximum Gasteiger partial charge on any atom is 0.171 e. The van der Waals surface area contributed by atoms with E-state index in [1.54, 1.807) is 17.0 Å². The van der Waals surface area contributed by atoms with Crippen molar-refractivity contribution in [1.29, 1.82) is 0 Å². The highest BCUT2D eigenvalue weighted by atomic mass is 15.6. The number of aromatic nitrogens is 10. The monoisotopic (exact) mass is 376 g/mol. The van der Waals surface area contributed by atoms with Crippen LogP contribution in [0.5, 0.6) is 0 Å². The maximum absolute atomic E-state index is 5.02. The van der Waals surface area contributed by atoms with Crippen LogP contribution in [0.2, 0.25) is 0 Å². The number of nitrogens with zero attached hydrogens (tertiary/aromatic N) is 9. The smallest absolute Gasteiger partial charge is 0.171 e. The third-order valence-electron chi connectivity index (χ3n) is 7.23. The van der Waals surface area contributed by atoms with Crippen molar-refractivity contribution in [3.05, 3.63) is 24.2 Å². The van der Waals surface area contributed by atoms with Crippen LogP contribution in [0.3, 0.4) is 0 Å². The largest absolute Gasteiger partial charge is 0.261 e. The van der Waals surface area contributed by atoms with Crippen molar-refractivity contribution in [3.8, 4) is 0 Å². The number of H-pyrrole nitrogens is 1. The summed E-state index contributed by atoms with van der Waals surface area (Å²) in [5, 5.41) is 26.0. The summed E-state index contributed by atoms with van der Waals surface area (Å²) >= 11 is 0. The molecular formula is C18H20N10. The van der Waals surface area contributed by atoms with Crippen molar-refractivity contribution < 1.29 is 0 Å². The van der Waals surface area contributed by atoms with Gasteiger partial charge in [0, 0.05) is 5.41 Å². The summed E-state index contributed by atoms with van der Waals surface area (Å²) in [7, 11) is 0. The Hall–Kier alpha value is -2.91. The Labute approximate surface area is 159 Å². The molecule has 4 aromatic rings. The molecule has 0 saturated heterocycles. The van der Waals surface area contributed by atoms with E-state index >= 15 is 0 Å². The summed E-state index contributed by atoms with van der Waals surface area (Å²) in [6, 6.07) is 0. The Morgan fingerprint density at radius 3 is 2.79 bits per heavy atom. The first-order valence-electron chi connectivity index (χ1n) is 9.95. The van der Waals surface area contributed by atoms with Gasteiger partial charge in [-0.1, -0.05) is 0 Å². The third kappa shape index (κ3) is 1.80. The van der Waals surface area contributed by atoms with Gasteiger partial charge >= 0.3 is 0 Å². The van der Waals surface area contributed by atoms with E-state index in [0.717, 1.165) is 60.4 Å². The molecule has 2 atom stereocenters. The van der Waals surface area contributed by atoms with Crippen LogP contribution in [0, 0.1) is 18.8 Å². The topological polar surface area (TPSA) is 115 Å². The van der Waals surface area contributed by atoms with Gasteiger partial charge in [-0.15, -0.1) is 15.3 Å². The molecule has 0 spiro atoms. The number of tetrazole rings is 1. The number of aryl methyl sites for hydroxylation is 1. The second-order valence-corrected chi connectivity index (χ2v) is 9.17. The summed E-state index contributed by atoms with van der Waals surface area (Å²) in [6.07, 6.45) is 10.4. The lowest BCUT2D eigenvalue weighted by Gasteiger charge is -2.60. The molecule has 1 N–H and O–H groups in total. The van der Waals surface area contributed by atoms with Gasteiger partial charge in [0.15, 0.2) is 22.9 Å². The minimum absolute atomic E-state index is 0.0201. The molecule has 0 amide bonds. The number of nitrogens with one attached hydrogen (secondary N) is 1. The molecule has 4 saturated carbocycles. The minimum Gasteiger partial charge on any atom is -0.261 e. The molecule has 4 bridgehead atoms. The summed E-state index contributed by atoms with van der Waals surface area (Å²) in [6.45, 7) is 1.91. The first-order chi connectivity index (χ1) is 13.6. The first kappa shape index (κ1) is 15.1. The van der Waals surface area contributed by atoms with Crippen LogP contribution in [0.4, 0.5) is 0 Å². The fourth-order valence-corrected chi connectivity index (χ4v) is 6.66. The predicted molar refractivity (Wildman–Crippen MR) is 97.3 cm³/mol. The molecule has 0 radical (unpaired) electrons. The van der Waals surface area contributed by atoms with Gasteiger partial charge in [-0.3, -0.25) is 5.10 Å². The lowest BCUT2D eigenvalue weighted by Crippen LogP contribution is -2.59. The minimum atomic E-state index is -0.0496. The first-order valence-corrected chi connectivity index (χ1v) is 9.95. The second-order valence-electron chi connectivity index (χ2n) is 9.17. The molecule has 10 nitrogen and oxygen atoms in total. The molecule has 4 aliphatic carbocycles. The summed E-state index contributed by atoms with van der Waals surface area (Å²) in [5.41, 5.74) is 1.50. The quantitative estimate of drug-likeness (QED) is 0.564. The predicted octanol–water partition coefficient (Wildman–Crippen LogP) is 1.54. The molecule has 4 fully saturated rings. The van der Waals surface area contributed by atoms with Crippen molar-refractivity contribution in [2.45, 2.75) is 56.4 Å². The molecule has 10 heteroatoms. The van der Waals surface area contributed by atoms with Gasteiger partial charge in [0.2, 0.25) is 0 Å². The van der Waals surface area contributed by atoms with Gasteiger partial charge in [-0.05, 0) is 62.5 Å². The van der Waals surface area contributed by atoms with Gasteiger partial charge in [0.05, 0.1) is 17.1 Å².